The summed E-state index contributed by atoms with van der Waals surface area (Å²) in [5.74, 6) is 0.141. The zero-order valence-electron chi connectivity index (χ0n) is 12.3. The molecule has 0 bridgehead atoms. The van der Waals surface area contributed by atoms with Crippen molar-refractivity contribution in [1.29, 1.82) is 0 Å². The van der Waals surface area contributed by atoms with E-state index in [1.165, 1.54) is 6.26 Å². The topological polar surface area (TPSA) is 71.3 Å². The van der Waals surface area contributed by atoms with Crippen molar-refractivity contribution in [2.45, 2.75) is 26.7 Å². The van der Waals surface area contributed by atoms with Gasteiger partial charge in [-0.1, -0.05) is 26.0 Å². The van der Waals surface area contributed by atoms with Gasteiger partial charge < -0.3 is 4.42 Å². The lowest BCUT2D eigenvalue weighted by atomic mass is 10.0. The quantitative estimate of drug-likeness (QED) is 0.852. The van der Waals surface area contributed by atoms with Gasteiger partial charge in [0, 0.05) is 5.56 Å². The van der Waals surface area contributed by atoms with Crippen molar-refractivity contribution in [1.82, 2.24) is 10.9 Å². The molecule has 0 aliphatic carbocycles. The summed E-state index contributed by atoms with van der Waals surface area (Å²) in [5.41, 5.74) is 6.79. The van der Waals surface area contributed by atoms with Crippen molar-refractivity contribution in [3.8, 4) is 0 Å². The summed E-state index contributed by atoms with van der Waals surface area (Å²) in [6.45, 7) is 5.85. The number of amides is 2. The lowest BCUT2D eigenvalue weighted by Gasteiger charge is -2.08. The number of hydrogen-bond donors (Lipinski definition) is 2. The summed E-state index contributed by atoms with van der Waals surface area (Å²) in [6, 6.07) is 8.83. The molecule has 5 heteroatoms. The van der Waals surface area contributed by atoms with Crippen molar-refractivity contribution in [3.63, 3.8) is 0 Å². The minimum absolute atomic E-state index is 0.361. The minimum atomic E-state index is -0.409. The predicted molar refractivity (Wildman–Crippen MR) is 78.9 cm³/mol. The van der Waals surface area contributed by atoms with Crippen LogP contribution in [0.25, 0.3) is 0 Å². The van der Waals surface area contributed by atoms with Crippen molar-refractivity contribution in [3.05, 3.63) is 59.0 Å². The van der Waals surface area contributed by atoms with E-state index >= 15 is 0 Å². The number of rotatable bonds is 3. The number of carbonyl (C=O) groups is 2. The number of carbonyl (C=O) groups excluding carboxylic acids is 2. The Bertz CT molecular complexity index is 642. The Labute approximate surface area is 123 Å². The number of furan rings is 1. The number of nitrogens with one attached hydrogen (secondary N) is 2. The molecule has 1 heterocycles. The van der Waals surface area contributed by atoms with Gasteiger partial charge in [-0.15, -0.1) is 0 Å². The highest BCUT2D eigenvalue weighted by Crippen LogP contribution is 2.14. The predicted octanol–water partition coefficient (Wildman–Crippen LogP) is 2.79. The van der Waals surface area contributed by atoms with E-state index in [4.69, 9.17) is 4.42 Å². The van der Waals surface area contributed by atoms with Crippen LogP contribution in [0.15, 0.2) is 41.0 Å². The van der Waals surface area contributed by atoms with E-state index in [0.717, 1.165) is 5.56 Å². The Kier molecular flexibility index (Phi) is 4.42. The zero-order chi connectivity index (χ0) is 15.4. The van der Waals surface area contributed by atoms with Gasteiger partial charge in [-0.3, -0.25) is 20.4 Å². The van der Waals surface area contributed by atoms with Crippen LogP contribution in [-0.2, 0) is 0 Å². The van der Waals surface area contributed by atoms with Gasteiger partial charge >= 0.3 is 0 Å². The van der Waals surface area contributed by atoms with Crippen LogP contribution in [0.5, 0.6) is 0 Å². The van der Waals surface area contributed by atoms with Gasteiger partial charge in [0.2, 0.25) is 0 Å². The molecule has 0 saturated heterocycles. The first-order valence-corrected chi connectivity index (χ1v) is 6.73. The fraction of sp³-hybridized carbons (Fsp3) is 0.250. The fourth-order valence-electron chi connectivity index (χ4n) is 1.89. The Morgan fingerprint density at radius 2 is 1.62 bits per heavy atom. The van der Waals surface area contributed by atoms with Crippen molar-refractivity contribution in [2.75, 3.05) is 0 Å². The van der Waals surface area contributed by atoms with Crippen LogP contribution in [0.1, 0.15) is 51.8 Å². The smallest absolute Gasteiger partial charge is 0.273 e. The van der Waals surface area contributed by atoms with Gasteiger partial charge in [-0.25, -0.2) is 0 Å². The summed E-state index contributed by atoms with van der Waals surface area (Å²) < 4.78 is 5.04. The summed E-state index contributed by atoms with van der Waals surface area (Å²) in [4.78, 5) is 23.8. The summed E-state index contributed by atoms with van der Waals surface area (Å²) in [5, 5.41) is 0. The van der Waals surface area contributed by atoms with Crippen molar-refractivity contribution < 1.29 is 14.0 Å². The van der Waals surface area contributed by atoms with Crippen molar-refractivity contribution >= 4 is 11.8 Å². The van der Waals surface area contributed by atoms with E-state index in [-0.39, 0.29) is 5.91 Å². The van der Waals surface area contributed by atoms with Crippen LogP contribution in [-0.4, -0.2) is 11.8 Å². The zero-order valence-corrected chi connectivity index (χ0v) is 12.3. The van der Waals surface area contributed by atoms with E-state index in [2.05, 4.69) is 24.7 Å². The maximum Gasteiger partial charge on any atom is 0.273 e. The van der Waals surface area contributed by atoms with Gasteiger partial charge in [0.15, 0.2) is 0 Å². The van der Waals surface area contributed by atoms with Crippen LogP contribution in [0, 0.1) is 6.92 Å². The van der Waals surface area contributed by atoms with Gasteiger partial charge in [0.25, 0.3) is 11.8 Å². The highest BCUT2D eigenvalue weighted by atomic mass is 16.3. The molecule has 1 aromatic heterocycles. The second-order valence-corrected chi connectivity index (χ2v) is 5.08. The number of aryl methyl sites for hydroxylation is 1. The third-order valence-electron chi connectivity index (χ3n) is 3.23. The standard InChI is InChI=1S/C16H18N2O3/c1-10(2)12-4-6-13(7-5-12)15(19)17-18-16(20)14-8-9-21-11(14)3/h4-10H,1-3H3,(H,17,19)(H,18,20). The Morgan fingerprint density at radius 1 is 1.00 bits per heavy atom. The molecule has 0 spiro atoms. The van der Waals surface area contributed by atoms with Gasteiger partial charge in [-0.05, 0) is 36.6 Å². The molecular weight excluding hydrogens is 268 g/mol. The van der Waals surface area contributed by atoms with Gasteiger partial charge in [0.05, 0.1) is 11.8 Å². The Morgan fingerprint density at radius 3 is 2.14 bits per heavy atom. The number of hydrogen-bond acceptors (Lipinski definition) is 3. The molecular formula is C16H18N2O3. The molecule has 2 amide bonds. The first-order valence-electron chi connectivity index (χ1n) is 6.73. The number of hydrazine groups is 1. The number of benzene rings is 1. The van der Waals surface area contributed by atoms with Crippen LogP contribution >= 0.6 is 0 Å². The minimum Gasteiger partial charge on any atom is -0.469 e. The molecule has 0 atom stereocenters. The summed E-state index contributed by atoms with van der Waals surface area (Å²) >= 11 is 0. The van der Waals surface area contributed by atoms with Gasteiger partial charge in [0.1, 0.15) is 5.76 Å². The molecule has 0 aliphatic heterocycles. The largest absolute Gasteiger partial charge is 0.469 e. The molecule has 1 aromatic carbocycles. The average Bonchev–Trinajstić information content (AvgIpc) is 2.90. The molecule has 21 heavy (non-hydrogen) atoms. The molecule has 0 unspecified atom stereocenters. The molecule has 0 aliphatic rings. The normalized spacial score (nSPS) is 10.5. The lowest BCUT2D eigenvalue weighted by molar-refractivity contribution is 0.0845. The maximum absolute atomic E-state index is 11.9. The van der Waals surface area contributed by atoms with Crippen LogP contribution in [0.2, 0.25) is 0 Å². The molecule has 0 saturated carbocycles. The van der Waals surface area contributed by atoms with Crippen LogP contribution < -0.4 is 10.9 Å². The van der Waals surface area contributed by atoms with E-state index in [1.807, 2.05) is 12.1 Å². The first-order chi connectivity index (χ1) is 9.99. The average molecular weight is 286 g/mol. The molecule has 0 radical (unpaired) electrons. The Balaban J connectivity index is 1.96. The Hall–Kier alpha value is -2.56. The fourth-order valence-corrected chi connectivity index (χ4v) is 1.89. The van der Waals surface area contributed by atoms with Crippen molar-refractivity contribution in [2.24, 2.45) is 0 Å². The lowest BCUT2D eigenvalue weighted by Crippen LogP contribution is -2.41. The monoisotopic (exact) mass is 286 g/mol. The molecule has 5 nitrogen and oxygen atoms in total. The first kappa shape index (κ1) is 14.8. The summed E-state index contributed by atoms with van der Waals surface area (Å²) in [6.07, 6.45) is 1.43. The van der Waals surface area contributed by atoms with E-state index in [1.54, 1.807) is 25.1 Å². The maximum atomic E-state index is 11.9. The summed E-state index contributed by atoms with van der Waals surface area (Å²) in [7, 11) is 0. The van der Waals surface area contributed by atoms with E-state index in [9.17, 15) is 9.59 Å². The highest BCUT2D eigenvalue weighted by molar-refractivity contribution is 5.99. The van der Waals surface area contributed by atoms with E-state index < -0.39 is 5.91 Å². The molecule has 110 valence electrons. The highest BCUT2D eigenvalue weighted by Gasteiger charge is 2.13. The second kappa shape index (κ2) is 6.26. The molecule has 2 aromatic rings. The molecule has 0 fully saturated rings. The molecule has 2 rings (SSSR count). The SMILES string of the molecule is Cc1occc1C(=O)NNC(=O)c1ccc(C(C)C)cc1. The third kappa shape index (κ3) is 3.51. The van der Waals surface area contributed by atoms with Crippen LogP contribution in [0.3, 0.4) is 0 Å². The second-order valence-electron chi connectivity index (χ2n) is 5.08. The van der Waals surface area contributed by atoms with Gasteiger partial charge in [-0.2, -0.15) is 0 Å². The van der Waals surface area contributed by atoms with Crippen LogP contribution in [0.4, 0.5) is 0 Å². The third-order valence-corrected chi connectivity index (χ3v) is 3.23. The molecule has 2 N–H and O–H groups in total. The van der Waals surface area contributed by atoms with E-state index in [0.29, 0.717) is 22.8 Å².